The van der Waals surface area contributed by atoms with Crippen molar-refractivity contribution < 1.29 is 4.79 Å². The number of amides is 1. The number of hydrogen-bond donors (Lipinski definition) is 2. The fourth-order valence-electron chi connectivity index (χ4n) is 0.698. The molecular formula is C8H8N2O. The molecule has 0 saturated heterocycles. The van der Waals surface area contributed by atoms with E-state index in [-0.39, 0.29) is 12.5 Å². The van der Waals surface area contributed by atoms with Gasteiger partial charge < -0.3 is 10.3 Å². The minimum Gasteiger partial charge on any atom is -0.357 e. The highest BCUT2D eigenvalue weighted by molar-refractivity contribution is 5.92. The normalized spacial score (nSPS) is 8.64. The SMILES string of the molecule is C#CCNC(=O)c1ccc[nH]1. The van der Waals surface area contributed by atoms with E-state index >= 15 is 0 Å². The molecule has 11 heavy (non-hydrogen) atoms. The van der Waals surface area contributed by atoms with Gasteiger partial charge >= 0.3 is 0 Å². The first-order valence-corrected chi connectivity index (χ1v) is 3.19. The van der Waals surface area contributed by atoms with E-state index in [0.29, 0.717) is 5.69 Å². The van der Waals surface area contributed by atoms with Crippen LogP contribution in [0.3, 0.4) is 0 Å². The molecule has 0 fully saturated rings. The Morgan fingerprint density at radius 3 is 3.18 bits per heavy atom. The minimum atomic E-state index is -0.173. The zero-order valence-corrected chi connectivity index (χ0v) is 5.92. The molecule has 56 valence electrons. The highest BCUT2D eigenvalue weighted by Crippen LogP contribution is 1.92. The average molecular weight is 148 g/mol. The maximum Gasteiger partial charge on any atom is 0.268 e. The van der Waals surface area contributed by atoms with Crippen molar-refractivity contribution in [2.45, 2.75) is 0 Å². The van der Waals surface area contributed by atoms with Gasteiger partial charge in [0.15, 0.2) is 0 Å². The van der Waals surface area contributed by atoms with Gasteiger partial charge in [-0.2, -0.15) is 0 Å². The standard InChI is InChI=1S/C8H8N2O/c1-2-5-10-8(11)7-4-3-6-9-7/h1,3-4,6,9H,5H2,(H,10,11). The monoisotopic (exact) mass is 148 g/mol. The number of nitrogens with one attached hydrogen (secondary N) is 2. The van der Waals surface area contributed by atoms with Crippen LogP contribution in [0.25, 0.3) is 0 Å². The topological polar surface area (TPSA) is 44.9 Å². The molecule has 0 bridgehead atoms. The Balaban J connectivity index is 2.51. The summed E-state index contributed by atoms with van der Waals surface area (Å²) in [5.41, 5.74) is 0.528. The second-order valence-electron chi connectivity index (χ2n) is 1.97. The van der Waals surface area contributed by atoms with E-state index < -0.39 is 0 Å². The maximum absolute atomic E-state index is 11.0. The van der Waals surface area contributed by atoms with E-state index in [2.05, 4.69) is 16.2 Å². The summed E-state index contributed by atoms with van der Waals surface area (Å²) in [6.45, 7) is 0.262. The van der Waals surface area contributed by atoms with Crippen LogP contribution in [-0.2, 0) is 0 Å². The Kier molecular flexibility index (Phi) is 2.34. The molecule has 1 amide bonds. The molecule has 1 aromatic rings. The Morgan fingerprint density at radius 2 is 2.64 bits per heavy atom. The molecule has 3 nitrogen and oxygen atoms in total. The summed E-state index contributed by atoms with van der Waals surface area (Å²) in [6, 6.07) is 3.44. The second-order valence-corrected chi connectivity index (χ2v) is 1.97. The van der Waals surface area contributed by atoms with Gasteiger partial charge in [0.1, 0.15) is 5.69 Å². The van der Waals surface area contributed by atoms with E-state index in [9.17, 15) is 4.79 Å². The van der Waals surface area contributed by atoms with Crippen molar-refractivity contribution in [2.24, 2.45) is 0 Å². The largest absolute Gasteiger partial charge is 0.357 e. The van der Waals surface area contributed by atoms with Gasteiger partial charge in [0, 0.05) is 6.20 Å². The number of hydrogen-bond acceptors (Lipinski definition) is 1. The van der Waals surface area contributed by atoms with Crippen LogP contribution in [0.5, 0.6) is 0 Å². The van der Waals surface area contributed by atoms with Crippen LogP contribution in [0, 0.1) is 12.3 Å². The molecule has 1 aromatic heterocycles. The molecule has 1 heterocycles. The maximum atomic E-state index is 11.0. The molecule has 0 aliphatic heterocycles. The molecule has 0 atom stereocenters. The summed E-state index contributed by atoms with van der Waals surface area (Å²) in [5, 5.41) is 2.53. The van der Waals surface area contributed by atoms with Crippen LogP contribution in [-0.4, -0.2) is 17.4 Å². The molecule has 3 heteroatoms. The fourth-order valence-corrected chi connectivity index (χ4v) is 0.698. The highest BCUT2D eigenvalue weighted by Gasteiger charge is 2.01. The first-order valence-electron chi connectivity index (χ1n) is 3.19. The predicted octanol–water partition coefficient (Wildman–Crippen LogP) is 0.378. The molecule has 0 spiro atoms. The average Bonchev–Trinajstić information content (AvgIpc) is 2.52. The third kappa shape index (κ3) is 1.87. The van der Waals surface area contributed by atoms with E-state index in [1.165, 1.54) is 0 Å². The lowest BCUT2D eigenvalue weighted by Crippen LogP contribution is -2.23. The van der Waals surface area contributed by atoms with Crippen LogP contribution in [0.2, 0.25) is 0 Å². The summed E-state index contributed by atoms with van der Waals surface area (Å²) >= 11 is 0. The van der Waals surface area contributed by atoms with Crippen LogP contribution in [0.1, 0.15) is 10.5 Å². The van der Waals surface area contributed by atoms with Crippen LogP contribution >= 0.6 is 0 Å². The first-order chi connectivity index (χ1) is 5.34. The summed E-state index contributed by atoms with van der Waals surface area (Å²) < 4.78 is 0. The molecule has 0 aliphatic rings. The molecule has 0 aliphatic carbocycles. The van der Waals surface area contributed by atoms with Crippen LogP contribution in [0.4, 0.5) is 0 Å². The lowest BCUT2D eigenvalue weighted by molar-refractivity contribution is 0.0954. The summed E-state index contributed by atoms with van der Waals surface area (Å²) in [6.07, 6.45) is 6.64. The van der Waals surface area contributed by atoms with Crippen molar-refractivity contribution >= 4 is 5.91 Å². The van der Waals surface area contributed by atoms with Gasteiger partial charge in [-0.3, -0.25) is 4.79 Å². The Labute approximate surface area is 64.8 Å². The summed E-state index contributed by atoms with van der Waals surface area (Å²) in [4.78, 5) is 13.8. The van der Waals surface area contributed by atoms with Crippen molar-refractivity contribution in [1.82, 2.24) is 10.3 Å². The van der Waals surface area contributed by atoms with E-state index in [1.54, 1.807) is 18.3 Å². The van der Waals surface area contributed by atoms with Crippen molar-refractivity contribution in [1.29, 1.82) is 0 Å². The van der Waals surface area contributed by atoms with Gasteiger partial charge in [0.05, 0.1) is 6.54 Å². The Hall–Kier alpha value is -1.69. The molecule has 0 aromatic carbocycles. The smallest absolute Gasteiger partial charge is 0.268 e. The lowest BCUT2D eigenvalue weighted by atomic mass is 10.4. The van der Waals surface area contributed by atoms with Gasteiger partial charge in [0.2, 0.25) is 0 Å². The number of terminal acetylenes is 1. The van der Waals surface area contributed by atoms with Crippen LogP contribution < -0.4 is 5.32 Å². The number of aromatic amines is 1. The quantitative estimate of drug-likeness (QED) is 0.585. The summed E-state index contributed by atoms with van der Waals surface area (Å²) in [7, 11) is 0. The Bertz CT molecular complexity index is 269. The Morgan fingerprint density at radius 1 is 1.82 bits per heavy atom. The number of carbonyl (C=O) groups is 1. The van der Waals surface area contributed by atoms with Crippen molar-refractivity contribution in [3.63, 3.8) is 0 Å². The number of carbonyl (C=O) groups excluding carboxylic acids is 1. The third-order valence-electron chi connectivity index (χ3n) is 1.19. The molecular weight excluding hydrogens is 140 g/mol. The van der Waals surface area contributed by atoms with Gasteiger partial charge in [0.25, 0.3) is 5.91 Å². The van der Waals surface area contributed by atoms with E-state index in [0.717, 1.165) is 0 Å². The zero-order valence-electron chi connectivity index (χ0n) is 5.92. The van der Waals surface area contributed by atoms with Crippen LogP contribution in [0.15, 0.2) is 18.3 Å². The lowest BCUT2D eigenvalue weighted by Gasteiger charge is -1.96. The fraction of sp³-hybridized carbons (Fsp3) is 0.125. The van der Waals surface area contributed by atoms with E-state index in [1.807, 2.05) is 0 Å². The first kappa shape index (κ1) is 7.42. The van der Waals surface area contributed by atoms with E-state index in [4.69, 9.17) is 6.42 Å². The van der Waals surface area contributed by atoms with Crippen molar-refractivity contribution in [3.05, 3.63) is 24.0 Å². The van der Waals surface area contributed by atoms with Crippen molar-refractivity contribution in [3.8, 4) is 12.3 Å². The number of aromatic nitrogens is 1. The minimum absolute atomic E-state index is 0.173. The molecule has 2 N–H and O–H groups in total. The number of rotatable bonds is 2. The predicted molar refractivity (Wildman–Crippen MR) is 42.0 cm³/mol. The van der Waals surface area contributed by atoms with Crippen molar-refractivity contribution in [2.75, 3.05) is 6.54 Å². The summed E-state index contributed by atoms with van der Waals surface area (Å²) in [5.74, 6) is 2.14. The highest BCUT2D eigenvalue weighted by atomic mass is 16.1. The van der Waals surface area contributed by atoms with Gasteiger partial charge in [-0.05, 0) is 12.1 Å². The van der Waals surface area contributed by atoms with Gasteiger partial charge in [-0.1, -0.05) is 5.92 Å². The zero-order chi connectivity index (χ0) is 8.10. The van der Waals surface area contributed by atoms with Gasteiger partial charge in [-0.15, -0.1) is 6.42 Å². The number of H-pyrrole nitrogens is 1. The molecule has 0 unspecified atom stereocenters. The molecule has 0 saturated carbocycles. The van der Waals surface area contributed by atoms with Gasteiger partial charge in [-0.25, -0.2) is 0 Å². The molecule has 1 rings (SSSR count). The third-order valence-corrected chi connectivity index (χ3v) is 1.19. The second kappa shape index (κ2) is 3.47. The molecule has 0 radical (unpaired) electrons.